The maximum atomic E-state index is 13.2. The molecule has 1 aliphatic heterocycles. The highest BCUT2D eigenvalue weighted by Gasteiger charge is 2.22. The second kappa shape index (κ2) is 15.4. The van der Waals surface area contributed by atoms with Gasteiger partial charge < -0.3 is 19.3 Å². The zero-order valence-corrected chi connectivity index (χ0v) is 23.7. The van der Waals surface area contributed by atoms with Crippen molar-refractivity contribution in [1.82, 2.24) is 9.80 Å². The maximum Gasteiger partial charge on any atom is 0.330 e. The first kappa shape index (κ1) is 30.3. The Morgan fingerprint density at radius 3 is 2.26 bits per heavy atom. The quantitative estimate of drug-likeness (QED) is 0.288. The summed E-state index contributed by atoms with van der Waals surface area (Å²) in [6.07, 6.45) is 3.28. The monoisotopic (exact) mass is 555 g/mol. The van der Waals surface area contributed by atoms with Crippen molar-refractivity contribution < 1.29 is 23.9 Å². The summed E-state index contributed by atoms with van der Waals surface area (Å²) in [5.74, 6) is -0.971. The van der Waals surface area contributed by atoms with Crippen molar-refractivity contribution in [3.05, 3.63) is 76.8 Å². The van der Waals surface area contributed by atoms with Crippen LogP contribution >= 0.6 is 11.6 Å². The summed E-state index contributed by atoms with van der Waals surface area (Å²) < 4.78 is 10.5. The summed E-state index contributed by atoms with van der Waals surface area (Å²) in [6.45, 7) is 10.3. The molecule has 210 valence electrons. The van der Waals surface area contributed by atoms with Gasteiger partial charge in [0.15, 0.2) is 0 Å². The molecule has 1 fully saturated rings. The lowest BCUT2D eigenvalue weighted by atomic mass is 10.1. The highest BCUT2D eigenvalue weighted by molar-refractivity contribution is 6.30. The number of esters is 1. The number of piperazine rings is 1. The van der Waals surface area contributed by atoms with Crippen LogP contribution in [0, 0.1) is 0 Å². The topological polar surface area (TPSA) is 79.4 Å². The predicted molar refractivity (Wildman–Crippen MR) is 153 cm³/mol. The fraction of sp³-hybridized carbons (Fsp3) is 0.433. The van der Waals surface area contributed by atoms with Crippen LogP contribution in [0.3, 0.4) is 0 Å². The number of benzene rings is 2. The summed E-state index contributed by atoms with van der Waals surface area (Å²) in [5.41, 5.74) is 2.43. The third-order valence-corrected chi connectivity index (χ3v) is 6.65. The van der Waals surface area contributed by atoms with Crippen molar-refractivity contribution in [2.45, 2.75) is 33.3 Å². The molecular formula is C30H38ClN3O5. The van der Waals surface area contributed by atoms with Gasteiger partial charge in [-0.15, -0.1) is 0 Å². The summed E-state index contributed by atoms with van der Waals surface area (Å²) >= 11 is 5.97. The Bertz CT molecular complexity index is 1110. The van der Waals surface area contributed by atoms with Crippen molar-refractivity contribution in [1.29, 1.82) is 0 Å². The number of carbonyl (C=O) groups is 3. The van der Waals surface area contributed by atoms with E-state index in [-0.39, 0.29) is 24.5 Å². The molecule has 1 aliphatic rings. The summed E-state index contributed by atoms with van der Waals surface area (Å²) in [5, 5.41) is 0.740. The van der Waals surface area contributed by atoms with Gasteiger partial charge in [-0.25, -0.2) is 4.79 Å². The van der Waals surface area contributed by atoms with E-state index in [4.69, 9.17) is 21.1 Å². The van der Waals surface area contributed by atoms with Gasteiger partial charge in [0.05, 0.1) is 19.3 Å². The Morgan fingerprint density at radius 1 is 0.974 bits per heavy atom. The Hall–Kier alpha value is -3.20. The largest absolute Gasteiger partial charge is 0.463 e. The van der Waals surface area contributed by atoms with E-state index in [0.717, 1.165) is 37.2 Å². The highest BCUT2D eigenvalue weighted by atomic mass is 35.5. The molecule has 0 spiro atoms. The number of amides is 2. The first-order valence-corrected chi connectivity index (χ1v) is 13.8. The average Bonchev–Trinajstić information content (AvgIpc) is 2.94. The molecule has 0 bridgehead atoms. The van der Waals surface area contributed by atoms with E-state index < -0.39 is 5.97 Å². The van der Waals surface area contributed by atoms with Gasteiger partial charge in [0, 0.05) is 67.7 Å². The van der Waals surface area contributed by atoms with Crippen molar-refractivity contribution in [2.75, 3.05) is 57.4 Å². The van der Waals surface area contributed by atoms with Crippen molar-refractivity contribution in [3.63, 3.8) is 0 Å². The lowest BCUT2D eigenvalue weighted by Gasteiger charge is -2.35. The van der Waals surface area contributed by atoms with Gasteiger partial charge in [-0.2, -0.15) is 0 Å². The molecule has 0 atom stereocenters. The SMILES string of the molecule is CCOC(=O)/C=C\C(=O)N(CCOC(C)C)c1ccc(C(=O)N2CCN(CCc3ccc(Cl)cc3)CC2)cc1. The maximum absolute atomic E-state index is 13.2. The lowest BCUT2D eigenvalue weighted by Crippen LogP contribution is -2.49. The number of nitrogens with zero attached hydrogens (tertiary/aromatic N) is 3. The molecular weight excluding hydrogens is 518 g/mol. The normalized spacial score (nSPS) is 14.1. The predicted octanol–water partition coefficient (Wildman–Crippen LogP) is 4.22. The Balaban J connectivity index is 1.57. The lowest BCUT2D eigenvalue weighted by molar-refractivity contribution is -0.137. The molecule has 0 unspecified atom stereocenters. The van der Waals surface area contributed by atoms with Gasteiger partial charge in [-0.1, -0.05) is 23.7 Å². The van der Waals surface area contributed by atoms with E-state index in [9.17, 15) is 14.4 Å². The standard InChI is InChI=1S/C30H38ClN3O5/c1-4-38-29(36)14-13-28(35)34(21-22-39-23(2)3)27-11-7-25(8-12-27)30(37)33-19-17-32(18-20-33)16-15-24-5-9-26(31)10-6-24/h5-14,23H,4,15-22H2,1-3H3/b14-13-. The Kier molecular flexibility index (Phi) is 12.0. The molecule has 0 aromatic heterocycles. The molecule has 2 aromatic rings. The molecule has 9 heteroatoms. The fourth-order valence-electron chi connectivity index (χ4n) is 4.25. The molecule has 2 amide bonds. The first-order chi connectivity index (χ1) is 18.8. The number of ether oxygens (including phenoxy) is 2. The van der Waals surface area contributed by atoms with Gasteiger partial charge in [0.2, 0.25) is 0 Å². The van der Waals surface area contributed by atoms with E-state index in [1.807, 2.05) is 30.9 Å². The summed E-state index contributed by atoms with van der Waals surface area (Å²) in [6, 6.07) is 14.9. The van der Waals surface area contributed by atoms with E-state index in [0.29, 0.717) is 37.5 Å². The smallest absolute Gasteiger partial charge is 0.330 e. The summed E-state index contributed by atoms with van der Waals surface area (Å²) in [4.78, 5) is 43.4. The zero-order chi connectivity index (χ0) is 28.2. The van der Waals surface area contributed by atoms with Crippen LogP contribution in [0.4, 0.5) is 5.69 Å². The van der Waals surface area contributed by atoms with Crippen LogP contribution in [0.25, 0.3) is 0 Å². The third kappa shape index (κ3) is 9.80. The van der Waals surface area contributed by atoms with Gasteiger partial charge in [0.1, 0.15) is 0 Å². The second-order valence-electron chi connectivity index (χ2n) is 9.55. The van der Waals surface area contributed by atoms with Crippen LogP contribution in [0.2, 0.25) is 5.02 Å². The molecule has 0 saturated carbocycles. The molecule has 0 radical (unpaired) electrons. The van der Waals surface area contributed by atoms with E-state index in [1.165, 1.54) is 16.5 Å². The number of hydrogen-bond donors (Lipinski definition) is 0. The van der Waals surface area contributed by atoms with Crippen LogP contribution in [-0.4, -0.2) is 86.2 Å². The molecule has 8 nitrogen and oxygen atoms in total. The molecule has 1 heterocycles. The van der Waals surface area contributed by atoms with E-state index >= 15 is 0 Å². The second-order valence-corrected chi connectivity index (χ2v) is 9.99. The van der Waals surface area contributed by atoms with Crippen LogP contribution in [-0.2, 0) is 25.5 Å². The van der Waals surface area contributed by atoms with Crippen LogP contribution in [0.5, 0.6) is 0 Å². The number of carbonyl (C=O) groups excluding carboxylic acids is 3. The summed E-state index contributed by atoms with van der Waals surface area (Å²) in [7, 11) is 0. The third-order valence-electron chi connectivity index (χ3n) is 6.40. The van der Waals surface area contributed by atoms with Gasteiger partial charge in [-0.05, 0) is 69.2 Å². The first-order valence-electron chi connectivity index (χ1n) is 13.4. The van der Waals surface area contributed by atoms with Gasteiger partial charge in [-0.3, -0.25) is 14.5 Å². The van der Waals surface area contributed by atoms with Gasteiger partial charge >= 0.3 is 5.97 Å². The Labute approximate surface area is 236 Å². The van der Waals surface area contributed by atoms with Crippen LogP contribution in [0.15, 0.2) is 60.7 Å². The minimum atomic E-state index is -0.574. The number of halogens is 1. The number of hydrogen-bond acceptors (Lipinski definition) is 6. The molecule has 0 aliphatic carbocycles. The zero-order valence-electron chi connectivity index (χ0n) is 23.0. The molecule has 0 N–H and O–H groups in total. The molecule has 1 saturated heterocycles. The molecule has 3 rings (SSSR count). The van der Waals surface area contributed by atoms with Gasteiger partial charge in [0.25, 0.3) is 11.8 Å². The molecule has 2 aromatic carbocycles. The van der Waals surface area contributed by atoms with Crippen molar-refractivity contribution in [2.24, 2.45) is 0 Å². The Morgan fingerprint density at radius 2 is 1.64 bits per heavy atom. The van der Waals surface area contributed by atoms with E-state index in [1.54, 1.807) is 31.2 Å². The highest BCUT2D eigenvalue weighted by Crippen LogP contribution is 2.18. The number of rotatable bonds is 12. The van der Waals surface area contributed by atoms with Crippen LogP contribution in [0.1, 0.15) is 36.7 Å². The minimum Gasteiger partial charge on any atom is -0.463 e. The van der Waals surface area contributed by atoms with Crippen molar-refractivity contribution in [3.8, 4) is 0 Å². The van der Waals surface area contributed by atoms with E-state index in [2.05, 4.69) is 17.0 Å². The fourth-order valence-corrected chi connectivity index (χ4v) is 4.37. The minimum absolute atomic E-state index is 0.0231. The van der Waals surface area contributed by atoms with Crippen molar-refractivity contribution >= 4 is 35.1 Å². The average molecular weight is 556 g/mol. The molecule has 39 heavy (non-hydrogen) atoms. The van der Waals surface area contributed by atoms with Crippen LogP contribution < -0.4 is 4.90 Å². The number of anilines is 1.